The second-order valence-electron chi connectivity index (χ2n) is 5.53. The molecule has 3 nitrogen and oxygen atoms in total. The first kappa shape index (κ1) is 15.6. The van der Waals surface area contributed by atoms with Crippen LogP contribution in [-0.4, -0.2) is 14.5 Å². The lowest BCUT2D eigenvalue weighted by Gasteiger charge is -2.08. The van der Waals surface area contributed by atoms with Crippen LogP contribution in [0.3, 0.4) is 0 Å². The zero-order chi connectivity index (χ0) is 16.8. The number of aliphatic hydroxyl groups excluding tert-OH is 1. The number of aliphatic hydroxyl groups is 1. The molecule has 0 aliphatic rings. The lowest BCUT2D eigenvalue weighted by atomic mass is 10.0. The summed E-state index contributed by atoms with van der Waals surface area (Å²) in [7, 11) is 0. The van der Waals surface area contributed by atoms with Gasteiger partial charge in [0.2, 0.25) is 0 Å². The van der Waals surface area contributed by atoms with E-state index < -0.39 is 18.3 Å². The molecular weight excluding hydrogens is 305 g/mol. The molecule has 0 spiro atoms. The Labute approximate surface area is 131 Å². The molecule has 0 unspecified atom stereocenters. The third-order valence-corrected chi connectivity index (χ3v) is 3.83. The first-order valence-corrected chi connectivity index (χ1v) is 7.08. The molecule has 2 heterocycles. The number of aromatic nitrogens is 2. The lowest BCUT2D eigenvalue weighted by Crippen LogP contribution is -2.07. The van der Waals surface area contributed by atoms with Crippen molar-refractivity contribution < 1.29 is 18.3 Å². The van der Waals surface area contributed by atoms with E-state index in [1.807, 2.05) is 32.0 Å². The van der Waals surface area contributed by atoms with Gasteiger partial charge in [0.25, 0.3) is 0 Å². The average Bonchev–Trinajstić information content (AvgIpc) is 2.83. The van der Waals surface area contributed by atoms with E-state index in [1.54, 1.807) is 0 Å². The molecule has 0 amide bonds. The van der Waals surface area contributed by atoms with Crippen molar-refractivity contribution in [3.8, 4) is 11.3 Å². The lowest BCUT2D eigenvalue weighted by molar-refractivity contribution is -0.137. The van der Waals surface area contributed by atoms with Crippen molar-refractivity contribution in [1.29, 1.82) is 0 Å². The summed E-state index contributed by atoms with van der Waals surface area (Å²) in [4.78, 5) is 4.40. The summed E-state index contributed by atoms with van der Waals surface area (Å²) in [5.74, 6) is 0. The number of hydrogen-bond donors (Lipinski definition) is 1. The maximum Gasteiger partial charge on any atom is 0.417 e. The number of fused-ring (bicyclic) bond motifs is 1. The van der Waals surface area contributed by atoms with Crippen LogP contribution in [0.1, 0.15) is 22.4 Å². The molecule has 1 N–H and O–H groups in total. The van der Waals surface area contributed by atoms with Gasteiger partial charge >= 0.3 is 6.18 Å². The predicted octanol–water partition coefficient (Wildman–Crippen LogP) is 4.13. The minimum atomic E-state index is -4.44. The van der Waals surface area contributed by atoms with Crippen LogP contribution < -0.4 is 0 Å². The molecule has 23 heavy (non-hydrogen) atoms. The van der Waals surface area contributed by atoms with Crippen molar-refractivity contribution in [3.63, 3.8) is 0 Å². The Balaban J connectivity index is 2.26. The molecule has 6 heteroatoms. The highest BCUT2D eigenvalue weighted by Gasteiger charge is 2.31. The Kier molecular flexibility index (Phi) is 3.64. The van der Waals surface area contributed by atoms with E-state index >= 15 is 0 Å². The van der Waals surface area contributed by atoms with Crippen molar-refractivity contribution in [2.45, 2.75) is 26.6 Å². The quantitative estimate of drug-likeness (QED) is 0.771. The van der Waals surface area contributed by atoms with Crippen molar-refractivity contribution in [2.24, 2.45) is 0 Å². The summed E-state index contributed by atoms with van der Waals surface area (Å²) >= 11 is 0. The van der Waals surface area contributed by atoms with Gasteiger partial charge in [0.1, 0.15) is 5.65 Å². The number of imidazole rings is 1. The minimum absolute atomic E-state index is 0.345. The molecule has 0 bridgehead atoms. The molecule has 0 atom stereocenters. The Bertz CT molecular complexity index is 881. The molecule has 0 fully saturated rings. The summed E-state index contributed by atoms with van der Waals surface area (Å²) in [6.45, 7) is 3.47. The second-order valence-corrected chi connectivity index (χ2v) is 5.53. The van der Waals surface area contributed by atoms with Gasteiger partial charge in [-0.05, 0) is 31.5 Å². The monoisotopic (exact) mass is 320 g/mol. The molecule has 0 saturated carbocycles. The normalized spacial score (nSPS) is 12.1. The second kappa shape index (κ2) is 5.38. The minimum Gasteiger partial charge on any atom is -0.390 e. The molecule has 0 radical (unpaired) electrons. The highest BCUT2D eigenvalue weighted by Crippen LogP contribution is 2.32. The van der Waals surface area contributed by atoms with Gasteiger partial charge in [0.15, 0.2) is 0 Å². The van der Waals surface area contributed by atoms with E-state index in [4.69, 9.17) is 0 Å². The Morgan fingerprint density at radius 3 is 2.48 bits per heavy atom. The maximum atomic E-state index is 12.9. The van der Waals surface area contributed by atoms with E-state index in [0.29, 0.717) is 17.0 Å². The van der Waals surface area contributed by atoms with Crippen LogP contribution in [0.5, 0.6) is 0 Å². The maximum absolute atomic E-state index is 12.9. The number of hydrogen-bond acceptors (Lipinski definition) is 2. The predicted molar refractivity (Wildman–Crippen MR) is 81.0 cm³/mol. The molecule has 0 saturated heterocycles. The summed E-state index contributed by atoms with van der Waals surface area (Å²) in [5.41, 5.74) is 3.29. The van der Waals surface area contributed by atoms with Crippen molar-refractivity contribution >= 4 is 5.65 Å². The van der Waals surface area contributed by atoms with Crippen molar-refractivity contribution in [3.05, 3.63) is 58.9 Å². The molecule has 0 aliphatic heterocycles. The van der Waals surface area contributed by atoms with Gasteiger partial charge in [-0.1, -0.05) is 23.8 Å². The third kappa shape index (κ3) is 2.70. The van der Waals surface area contributed by atoms with E-state index in [1.165, 1.54) is 10.5 Å². The number of benzene rings is 1. The zero-order valence-corrected chi connectivity index (χ0v) is 12.6. The summed E-state index contributed by atoms with van der Waals surface area (Å²) in [5, 5.41) is 9.66. The van der Waals surface area contributed by atoms with E-state index in [2.05, 4.69) is 4.98 Å². The molecule has 0 aliphatic carbocycles. The number of alkyl halides is 3. The molecule has 3 aromatic rings. The first-order valence-electron chi connectivity index (χ1n) is 7.08. The number of halogens is 3. The SMILES string of the molecule is Cc1ccc(-c2nc3ccc(C(F)(F)F)cn3c2CO)c(C)c1. The van der Waals surface area contributed by atoms with Gasteiger partial charge in [-0.2, -0.15) is 13.2 Å². The first-order chi connectivity index (χ1) is 10.8. The largest absolute Gasteiger partial charge is 0.417 e. The average molecular weight is 320 g/mol. The third-order valence-electron chi connectivity index (χ3n) is 3.83. The number of pyridine rings is 1. The van der Waals surface area contributed by atoms with Crippen LogP contribution in [-0.2, 0) is 12.8 Å². The molecular formula is C17H15F3N2O. The molecule has 2 aromatic heterocycles. The fourth-order valence-electron chi connectivity index (χ4n) is 2.71. The summed E-state index contributed by atoms with van der Waals surface area (Å²) < 4.78 is 40.0. The van der Waals surface area contributed by atoms with Gasteiger partial charge in [0, 0.05) is 11.8 Å². The highest BCUT2D eigenvalue weighted by molar-refractivity contribution is 5.70. The summed E-state index contributed by atoms with van der Waals surface area (Å²) in [6, 6.07) is 8.07. The topological polar surface area (TPSA) is 37.5 Å². The number of aryl methyl sites for hydroxylation is 2. The Morgan fingerprint density at radius 1 is 1.13 bits per heavy atom. The van der Waals surface area contributed by atoms with Crippen LogP contribution in [0.25, 0.3) is 16.9 Å². The smallest absolute Gasteiger partial charge is 0.390 e. The van der Waals surface area contributed by atoms with Crippen molar-refractivity contribution in [2.75, 3.05) is 0 Å². The van der Waals surface area contributed by atoms with Gasteiger partial charge in [-0.15, -0.1) is 0 Å². The number of nitrogens with zero attached hydrogens (tertiary/aromatic N) is 2. The fourth-order valence-corrected chi connectivity index (χ4v) is 2.71. The van der Waals surface area contributed by atoms with E-state index in [-0.39, 0.29) is 0 Å². The van der Waals surface area contributed by atoms with Crippen LogP contribution >= 0.6 is 0 Å². The van der Waals surface area contributed by atoms with E-state index in [0.717, 1.165) is 29.0 Å². The van der Waals surface area contributed by atoms with E-state index in [9.17, 15) is 18.3 Å². The summed E-state index contributed by atoms with van der Waals surface area (Å²) in [6.07, 6.45) is -3.47. The van der Waals surface area contributed by atoms with Gasteiger partial charge < -0.3 is 9.51 Å². The number of rotatable bonds is 2. The van der Waals surface area contributed by atoms with Gasteiger partial charge in [0.05, 0.1) is 23.6 Å². The van der Waals surface area contributed by atoms with Crippen LogP contribution in [0.4, 0.5) is 13.2 Å². The van der Waals surface area contributed by atoms with Crippen LogP contribution in [0, 0.1) is 13.8 Å². The van der Waals surface area contributed by atoms with Crippen molar-refractivity contribution in [1.82, 2.24) is 9.38 Å². The van der Waals surface area contributed by atoms with Gasteiger partial charge in [-0.3, -0.25) is 0 Å². The zero-order valence-electron chi connectivity index (χ0n) is 12.6. The molecule has 120 valence electrons. The molecule has 1 aromatic carbocycles. The fraction of sp³-hybridized carbons (Fsp3) is 0.235. The van der Waals surface area contributed by atoms with Crippen LogP contribution in [0.15, 0.2) is 36.5 Å². The standard InChI is InChI=1S/C17H15F3N2O/c1-10-3-5-13(11(2)7-10)16-14(9-23)22-8-12(17(18,19)20)4-6-15(22)21-16/h3-8,23H,9H2,1-2H3. The van der Waals surface area contributed by atoms with Crippen LogP contribution in [0.2, 0.25) is 0 Å². The Morgan fingerprint density at radius 2 is 1.87 bits per heavy atom. The Hall–Kier alpha value is -2.34. The van der Waals surface area contributed by atoms with Gasteiger partial charge in [-0.25, -0.2) is 4.98 Å². The molecule has 3 rings (SSSR count). The highest BCUT2D eigenvalue weighted by atomic mass is 19.4.